The fourth-order valence-electron chi connectivity index (χ4n) is 0.243. The van der Waals surface area contributed by atoms with E-state index in [2.05, 4.69) is 0 Å². The molecule has 7 heavy (non-hydrogen) atoms. The molecule has 0 unspecified atom stereocenters. The third kappa shape index (κ3) is 3.98. The molecule has 40 valence electrons. The van der Waals surface area contributed by atoms with Crippen LogP contribution in [0, 0.1) is 0 Å². The Bertz CT molecular complexity index is 86.1. The summed E-state index contributed by atoms with van der Waals surface area (Å²) in [7, 11) is 0. The smallest absolute Gasteiger partial charge is 0.155 e. The van der Waals surface area contributed by atoms with Crippen LogP contribution in [0.25, 0.3) is 0 Å². The third-order valence-corrected chi connectivity index (χ3v) is 1.21. The van der Waals surface area contributed by atoms with Gasteiger partial charge in [-0.3, -0.25) is 4.79 Å². The summed E-state index contributed by atoms with van der Waals surface area (Å²) in [5.41, 5.74) is 0. The van der Waals surface area contributed by atoms with Gasteiger partial charge in [-0.2, -0.15) is 0 Å². The topological polar surface area (TPSA) is 17.1 Å². The Hall–Kier alpha value is 0.140. The van der Waals surface area contributed by atoms with Crippen LogP contribution in [-0.4, -0.2) is 6.29 Å². The number of hydrogen-bond acceptors (Lipinski definition) is 1. The first-order valence-corrected chi connectivity index (χ1v) is 3.20. The van der Waals surface area contributed by atoms with Gasteiger partial charge >= 0.3 is 0 Å². The molecular weight excluding hydrogens is 203 g/mol. The second-order valence-electron chi connectivity index (χ2n) is 1.12. The van der Waals surface area contributed by atoms with Gasteiger partial charge in [-0.25, -0.2) is 0 Å². The van der Waals surface area contributed by atoms with Crippen LogP contribution in [0.4, 0.5) is 0 Å². The molecule has 0 aromatic rings. The Kier molecular flexibility index (Phi) is 4.39. The number of carbonyl (C=O) groups is 1. The summed E-state index contributed by atoms with van der Waals surface area (Å²) in [5, 5.41) is 0. The van der Waals surface area contributed by atoms with Crippen molar-refractivity contribution in [1.29, 1.82) is 0 Å². The molecule has 0 aromatic heterocycles. The molecule has 0 N–H and O–H groups in total. The van der Waals surface area contributed by atoms with Crippen LogP contribution in [-0.2, 0) is 4.79 Å². The van der Waals surface area contributed by atoms with Gasteiger partial charge in [-0.15, -0.1) is 0 Å². The van der Waals surface area contributed by atoms with E-state index < -0.39 is 0 Å². The second kappa shape index (κ2) is 4.30. The van der Waals surface area contributed by atoms with Crippen LogP contribution in [0.15, 0.2) is 9.66 Å². The first-order valence-electron chi connectivity index (χ1n) is 2.12. The lowest BCUT2D eigenvalue weighted by molar-refractivity contribution is -0.104. The molecule has 0 fully saturated rings. The van der Waals surface area contributed by atoms with Crippen molar-refractivity contribution in [3.8, 4) is 0 Å². The lowest BCUT2D eigenvalue weighted by Crippen LogP contribution is -1.67. The highest BCUT2D eigenvalue weighted by Crippen LogP contribution is 2.00. The molecule has 0 atom stereocenters. The van der Waals surface area contributed by atoms with Crippen molar-refractivity contribution >= 4 is 28.9 Å². The molecule has 0 saturated carbocycles. The molecule has 0 aliphatic rings. The zero-order valence-electron chi connectivity index (χ0n) is 4.15. The van der Waals surface area contributed by atoms with Gasteiger partial charge in [-0.05, 0) is 29.0 Å². The van der Waals surface area contributed by atoms with Gasteiger partial charge in [0.1, 0.15) is 0 Å². The minimum atomic E-state index is 0.792. The van der Waals surface area contributed by atoms with E-state index in [-0.39, 0.29) is 0 Å². The van der Waals surface area contributed by atoms with Crippen LogP contribution in [0.2, 0.25) is 0 Å². The Morgan fingerprint density at radius 2 is 2.43 bits per heavy atom. The van der Waals surface area contributed by atoms with Crippen molar-refractivity contribution in [2.45, 2.75) is 13.3 Å². The van der Waals surface area contributed by atoms with Crippen molar-refractivity contribution in [3.05, 3.63) is 9.66 Å². The van der Waals surface area contributed by atoms with Gasteiger partial charge in [-0.1, -0.05) is 13.0 Å². The van der Waals surface area contributed by atoms with E-state index in [1.54, 1.807) is 0 Å². The van der Waals surface area contributed by atoms with E-state index >= 15 is 0 Å². The van der Waals surface area contributed by atoms with Crippen LogP contribution < -0.4 is 0 Å². The van der Waals surface area contributed by atoms with Gasteiger partial charge in [0.25, 0.3) is 0 Å². The molecule has 0 bridgehead atoms. The minimum Gasteiger partial charge on any atom is -0.297 e. The van der Waals surface area contributed by atoms with E-state index in [1.165, 1.54) is 0 Å². The summed E-state index contributed by atoms with van der Waals surface area (Å²) < 4.78 is 0.792. The van der Waals surface area contributed by atoms with Gasteiger partial charge in [0.2, 0.25) is 0 Å². The van der Waals surface area contributed by atoms with Crippen molar-refractivity contribution in [3.63, 3.8) is 0 Å². The number of rotatable bonds is 2. The van der Waals surface area contributed by atoms with E-state index in [0.717, 1.165) is 16.3 Å². The fourth-order valence-corrected chi connectivity index (χ4v) is 0.684. The van der Waals surface area contributed by atoms with Crippen molar-refractivity contribution in [1.82, 2.24) is 0 Å². The number of aldehydes is 1. The van der Waals surface area contributed by atoms with Crippen LogP contribution in [0.1, 0.15) is 13.3 Å². The van der Waals surface area contributed by atoms with Crippen molar-refractivity contribution in [2.24, 2.45) is 0 Å². The molecule has 0 heterocycles. The molecule has 0 rings (SSSR count). The van der Waals surface area contributed by atoms with E-state index in [4.69, 9.17) is 0 Å². The molecule has 0 radical (unpaired) electrons. The summed E-state index contributed by atoms with van der Waals surface area (Å²) in [4.78, 5) is 9.82. The third-order valence-electron chi connectivity index (χ3n) is 0.512. The molecule has 0 saturated heterocycles. The molecule has 1 nitrogen and oxygen atoms in total. The zero-order chi connectivity index (χ0) is 5.70. The fraction of sp³-hybridized carbons (Fsp3) is 0.400. The number of carbonyl (C=O) groups excluding carboxylic acids is 1. The Balaban J connectivity index is 3.49. The molecule has 0 spiro atoms. The average Bonchev–Trinajstić information content (AvgIpc) is 1.68. The minimum absolute atomic E-state index is 0.792. The lowest BCUT2D eigenvalue weighted by Gasteiger charge is -1.77. The lowest BCUT2D eigenvalue weighted by atomic mass is 10.4. The normalized spacial score (nSPS) is 11.4. The maximum absolute atomic E-state index is 9.82. The van der Waals surface area contributed by atoms with Gasteiger partial charge < -0.3 is 0 Å². The molecule has 0 amide bonds. The predicted molar refractivity (Wildman–Crippen MR) is 38.5 cm³/mol. The standard InChI is InChI=1S/C5H7IO/c1-2-3-5(6)4-7/h3-4H,2H2,1H3. The maximum Gasteiger partial charge on any atom is 0.155 e. The van der Waals surface area contributed by atoms with Crippen LogP contribution in [0.5, 0.6) is 0 Å². The second-order valence-corrected chi connectivity index (χ2v) is 2.36. The number of halogens is 1. The number of allylic oxidation sites excluding steroid dienone is 2. The molecule has 2 heteroatoms. The van der Waals surface area contributed by atoms with Gasteiger partial charge in [0.05, 0.1) is 0 Å². The van der Waals surface area contributed by atoms with Crippen molar-refractivity contribution < 1.29 is 4.79 Å². The summed E-state index contributed by atoms with van der Waals surface area (Å²) in [6.45, 7) is 2.00. The van der Waals surface area contributed by atoms with Crippen molar-refractivity contribution in [2.75, 3.05) is 0 Å². The molecule has 0 aliphatic carbocycles. The molecule has 0 aromatic carbocycles. The summed E-state index contributed by atoms with van der Waals surface area (Å²) >= 11 is 2.00. The molecule has 0 aliphatic heterocycles. The monoisotopic (exact) mass is 210 g/mol. The van der Waals surface area contributed by atoms with Gasteiger partial charge in [0.15, 0.2) is 6.29 Å². The Morgan fingerprint density at radius 3 is 2.57 bits per heavy atom. The summed E-state index contributed by atoms with van der Waals surface area (Å²) in [6.07, 6.45) is 3.68. The van der Waals surface area contributed by atoms with Crippen LogP contribution >= 0.6 is 22.6 Å². The molecular formula is C5H7IO. The summed E-state index contributed by atoms with van der Waals surface area (Å²) in [5.74, 6) is 0. The van der Waals surface area contributed by atoms with E-state index in [0.29, 0.717) is 0 Å². The largest absolute Gasteiger partial charge is 0.297 e. The first-order chi connectivity index (χ1) is 3.31. The predicted octanol–water partition coefficient (Wildman–Crippen LogP) is 1.91. The average molecular weight is 210 g/mol. The van der Waals surface area contributed by atoms with E-state index in [1.807, 2.05) is 35.6 Å². The quantitative estimate of drug-likeness (QED) is 0.386. The Labute approximate surface area is 56.9 Å². The zero-order valence-corrected chi connectivity index (χ0v) is 6.31. The van der Waals surface area contributed by atoms with Gasteiger partial charge in [0, 0.05) is 3.58 Å². The summed E-state index contributed by atoms with van der Waals surface area (Å²) in [6, 6.07) is 0. The highest BCUT2D eigenvalue weighted by Gasteiger charge is 1.79. The number of hydrogen-bond donors (Lipinski definition) is 0. The maximum atomic E-state index is 9.82. The SMILES string of the molecule is CCC=C(I)C=O. The Morgan fingerprint density at radius 1 is 1.86 bits per heavy atom. The van der Waals surface area contributed by atoms with Crippen LogP contribution in [0.3, 0.4) is 0 Å². The highest BCUT2D eigenvalue weighted by atomic mass is 127. The highest BCUT2D eigenvalue weighted by molar-refractivity contribution is 14.1. The first kappa shape index (κ1) is 7.14. The van der Waals surface area contributed by atoms with E-state index in [9.17, 15) is 4.79 Å².